The highest BCUT2D eigenvalue weighted by Gasteiger charge is 2.31. The molecular formula is C23H33N3O4. The van der Waals surface area contributed by atoms with Gasteiger partial charge in [-0.25, -0.2) is 0 Å². The molecule has 2 aromatic rings. The Hall–Kier alpha value is -2.38. The van der Waals surface area contributed by atoms with Crippen LogP contribution in [-0.4, -0.2) is 67.5 Å². The van der Waals surface area contributed by atoms with E-state index in [4.69, 9.17) is 9.15 Å². The van der Waals surface area contributed by atoms with Crippen LogP contribution in [0, 0.1) is 0 Å². The van der Waals surface area contributed by atoms with Crippen molar-refractivity contribution in [2.75, 3.05) is 33.7 Å². The number of fused-ring (bicyclic) bond motifs is 1. The lowest BCUT2D eigenvalue weighted by molar-refractivity contribution is -0.133. The Bertz CT molecular complexity index is 874. The standard InChI is InChI=1S/C23H33N3O4/c1-16(2)29-15-18-17-9-5-6-11-20(17)30-21(18)22(27)24-12-8-14-26-13-7-10-19(26)23(28)25(3)4/h5-6,9,11,16,19H,7-8,10,12-15H2,1-4H3,(H,24,27). The van der Waals surface area contributed by atoms with E-state index in [2.05, 4.69) is 10.2 Å². The van der Waals surface area contributed by atoms with Gasteiger partial charge >= 0.3 is 0 Å². The van der Waals surface area contributed by atoms with E-state index < -0.39 is 0 Å². The summed E-state index contributed by atoms with van der Waals surface area (Å²) in [6.45, 7) is 6.51. The molecule has 1 fully saturated rings. The lowest BCUT2D eigenvalue weighted by Crippen LogP contribution is -2.43. The largest absolute Gasteiger partial charge is 0.451 e. The monoisotopic (exact) mass is 415 g/mol. The van der Waals surface area contributed by atoms with Gasteiger partial charge in [0.25, 0.3) is 5.91 Å². The maximum Gasteiger partial charge on any atom is 0.287 e. The van der Waals surface area contributed by atoms with Crippen molar-refractivity contribution in [2.24, 2.45) is 0 Å². The minimum Gasteiger partial charge on any atom is -0.451 e. The number of nitrogens with zero attached hydrogens (tertiary/aromatic N) is 2. The number of para-hydroxylation sites is 1. The Morgan fingerprint density at radius 3 is 2.80 bits per heavy atom. The van der Waals surface area contributed by atoms with Crippen LogP contribution < -0.4 is 5.32 Å². The number of amides is 2. The lowest BCUT2D eigenvalue weighted by Gasteiger charge is -2.26. The number of nitrogens with one attached hydrogen (secondary N) is 1. The summed E-state index contributed by atoms with van der Waals surface area (Å²) in [5.41, 5.74) is 1.47. The normalized spacial score (nSPS) is 17.0. The molecule has 0 aliphatic carbocycles. The fraction of sp³-hybridized carbons (Fsp3) is 0.565. The Morgan fingerprint density at radius 2 is 2.07 bits per heavy atom. The summed E-state index contributed by atoms with van der Waals surface area (Å²) in [5.74, 6) is 0.253. The summed E-state index contributed by atoms with van der Waals surface area (Å²) in [6.07, 6.45) is 2.78. The molecule has 1 atom stereocenters. The first kappa shape index (κ1) is 22.3. The van der Waals surface area contributed by atoms with Crippen molar-refractivity contribution < 1.29 is 18.7 Å². The van der Waals surface area contributed by atoms with Gasteiger partial charge in [0, 0.05) is 38.1 Å². The summed E-state index contributed by atoms with van der Waals surface area (Å²) < 4.78 is 11.6. The number of furan rings is 1. The maximum atomic E-state index is 12.8. The molecule has 3 rings (SSSR count). The number of hydrogen-bond donors (Lipinski definition) is 1. The van der Waals surface area contributed by atoms with E-state index in [0.717, 1.165) is 43.3 Å². The molecule has 0 saturated carbocycles. The van der Waals surface area contributed by atoms with Gasteiger partial charge in [0.2, 0.25) is 5.91 Å². The second kappa shape index (κ2) is 10.1. The fourth-order valence-electron chi connectivity index (χ4n) is 3.91. The molecule has 2 amide bonds. The van der Waals surface area contributed by atoms with E-state index in [1.165, 1.54) is 0 Å². The van der Waals surface area contributed by atoms with Gasteiger partial charge in [-0.05, 0) is 45.7 Å². The van der Waals surface area contributed by atoms with Crippen LogP contribution in [0.4, 0.5) is 0 Å². The second-order valence-corrected chi connectivity index (χ2v) is 8.30. The molecule has 1 saturated heterocycles. The van der Waals surface area contributed by atoms with Gasteiger partial charge in [0.05, 0.1) is 18.8 Å². The van der Waals surface area contributed by atoms with E-state index in [1.807, 2.05) is 38.1 Å². The Labute approximate surface area is 178 Å². The number of hydrogen-bond acceptors (Lipinski definition) is 5. The topological polar surface area (TPSA) is 75.0 Å². The Balaban J connectivity index is 1.58. The van der Waals surface area contributed by atoms with Crippen molar-refractivity contribution in [1.29, 1.82) is 0 Å². The van der Waals surface area contributed by atoms with Crippen molar-refractivity contribution in [3.63, 3.8) is 0 Å². The molecule has 0 radical (unpaired) electrons. The number of benzene rings is 1. The van der Waals surface area contributed by atoms with Gasteiger partial charge in [0.1, 0.15) is 5.58 Å². The fourth-order valence-corrected chi connectivity index (χ4v) is 3.91. The maximum absolute atomic E-state index is 12.8. The third-order valence-corrected chi connectivity index (χ3v) is 5.46. The molecule has 1 N–H and O–H groups in total. The predicted molar refractivity (Wildman–Crippen MR) is 116 cm³/mol. The highest BCUT2D eigenvalue weighted by atomic mass is 16.5. The van der Waals surface area contributed by atoms with E-state index in [0.29, 0.717) is 24.5 Å². The van der Waals surface area contributed by atoms with Gasteiger partial charge in [-0.3, -0.25) is 14.5 Å². The summed E-state index contributed by atoms with van der Waals surface area (Å²) in [7, 11) is 3.60. The molecule has 0 bridgehead atoms. The number of rotatable bonds is 9. The third-order valence-electron chi connectivity index (χ3n) is 5.46. The summed E-state index contributed by atoms with van der Waals surface area (Å²) in [4.78, 5) is 29.0. The van der Waals surface area contributed by atoms with Crippen molar-refractivity contribution in [1.82, 2.24) is 15.1 Å². The van der Waals surface area contributed by atoms with E-state index >= 15 is 0 Å². The van der Waals surface area contributed by atoms with Crippen LogP contribution in [0.2, 0.25) is 0 Å². The van der Waals surface area contributed by atoms with Crippen LogP contribution in [0.3, 0.4) is 0 Å². The van der Waals surface area contributed by atoms with Crippen molar-refractivity contribution in [3.05, 3.63) is 35.6 Å². The van der Waals surface area contributed by atoms with E-state index in [-0.39, 0.29) is 24.0 Å². The first-order valence-corrected chi connectivity index (χ1v) is 10.7. The zero-order valence-electron chi connectivity index (χ0n) is 18.4. The minimum atomic E-state index is -0.226. The van der Waals surface area contributed by atoms with Gasteiger partial charge in [-0.2, -0.15) is 0 Å². The smallest absolute Gasteiger partial charge is 0.287 e. The molecule has 1 unspecified atom stereocenters. The van der Waals surface area contributed by atoms with Gasteiger partial charge in [0.15, 0.2) is 5.76 Å². The molecule has 1 aromatic carbocycles. The first-order valence-electron chi connectivity index (χ1n) is 10.7. The molecule has 7 heteroatoms. The average Bonchev–Trinajstić information content (AvgIpc) is 3.33. The van der Waals surface area contributed by atoms with Crippen LogP contribution >= 0.6 is 0 Å². The van der Waals surface area contributed by atoms with Crippen LogP contribution in [0.1, 0.15) is 49.2 Å². The number of ether oxygens (including phenoxy) is 1. The molecule has 7 nitrogen and oxygen atoms in total. The van der Waals surface area contributed by atoms with Crippen molar-refractivity contribution in [2.45, 2.75) is 51.9 Å². The number of carbonyl (C=O) groups is 2. The average molecular weight is 416 g/mol. The summed E-state index contributed by atoms with van der Waals surface area (Å²) in [5, 5.41) is 3.88. The van der Waals surface area contributed by atoms with Crippen LogP contribution in [-0.2, 0) is 16.1 Å². The molecule has 0 spiro atoms. The van der Waals surface area contributed by atoms with Gasteiger partial charge in [-0.15, -0.1) is 0 Å². The van der Waals surface area contributed by atoms with Crippen molar-refractivity contribution in [3.8, 4) is 0 Å². The van der Waals surface area contributed by atoms with Crippen LogP contribution in [0.25, 0.3) is 11.0 Å². The van der Waals surface area contributed by atoms with Crippen LogP contribution in [0.15, 0.2) is 28.7 Å². The highest BCUT2D eigenvalue weighted by molar-refractivity contribution is 5.99. The number of carbonyl (C=O) groups excluding carboxylic acids is 2. The summed E-state index contributed by atoms with van der Waals surface area (Å²) >= 11 is 0. The molecular weight excluding hydrogens is 382 g/mol. The molecule has 1 aromatic heterocycles. The molecule has 1 aliphatic heterocycles. The SMILES string of the molecule is CC(C)OCc1c(C(=O)NCCCN2CCCC2C(=O)N(C)C)oc2ccccc12. The van der Waals surface area contributed by atoms with Gasteiger partial charge in [-0.1, -0.05) is 18.2 Å². The third kappa shape index (κ3) is 5.21. The molecule has 30 heavy (non-hydrogen) atoms. The van der Waals surface area contributed by atoms with Gasteiger partial charge < -0.3 is 19.4 Å². The number of likely N-dealkylation sites (N-methyl/N-ethyl adjacent to an activating group) is 1. The summed E-state index contributed by atoms with van der Waals surface area (Å²) in [6, 6.07) is 7.59. The molecule has 1 aliphatic rings. The number of likely N-dealkylation sites (tertiary alicyclic amines) is 1. The first-order chi connectivity index (χ1) is 14.4. The van der Waals surface area contributed by atoms with E-state index in [9.17, 15) is 9.59 Å². The van der Waals surface area contributed by atoms with Crippen molar-refractivity contribution >= 4 is 22.8 Å². The zero-order chi connectivity index (χ0) is 21.7. The predicted octanol–water partition coefficient (Wildman–Crippen LogP) is 3.03. The second-order valence-electron chi connectivity index (χ2n) is 8.30. The highest BCUT2D eigenvalue weighted by Crippen LogP contribution is 2.27. The molecule has 2 heterocycles. The van der Waals surface area contributed by atoms with Crippen LogP contribution in [0.5, 0.6) is 0 Å². The quantitative estimate of drug-likeness (QED) is 0.637. The van der Waals surface area contributed by atoms with E-state index in [1.54, 1.807) is 19.0 Å². The molecule has 164 valence electrons. The lowest BCUT2D eigenvalue weighted by atomic mass is 10.1. The zero-order valence-corrected chi connectivity index (χ0v) is 18.4. The minimum absolute atomic E-state index is 0.0362. The Kier molecular flexibility index (Phi) is 7.50. The Morgan fingerprint density at radius 1 is 1.30 bits per heavy atom.